The first-order valence-electron chi connectivity index (χ1n) is 9.44. The molecule has 1 aliphatic rings. The maximum Gasteiger partial charge on any atom is 0.416 e. The Morgan fingerprint density at radius 2 is 1.59 bits per heavy atom. The molecule has 0 saturated carbocycles. The van der Waals surface area contributed by atoms with Crippen LogP contribution in [0.1, 0.15) is 5.56 Å². The van der Waals surface area contributed by atoms with Crippen molar-refractivity contribution in [2.75, 3.05) is 16.5 Å². The van der Waals surface area contributed by atoms with Crippen molar-refractivity contribution in [1.82, 2.24) is 5.43 Å². The van der Waals surface area contributed by atoms with Crippen LogP contribution in [0.15, 0.2) is 82.6 Å². The monoisotopic (exact) mass is 474 g/mol. The first-order chi connectivity index (χ1) is 15.2. The van der Waals surface area contributed by atoms with E-state index >= 15 is 0 Å². The van der Waals surface area contributed by atoms with Gasteiger partial charge in [-0.2, -0.15) is 13.2 Å². The van der Waals surface area contributed by atoms with Gasteiger partial charge < -0.3 is 10.6 Å². The van der Waals surface area contributed by atoms with Gasteiger partial charge in [0.05, 0.1) is 22.6 Å². The predicted octanol–water partition coefficient (Wildman–Crippen LogP) is 5.09. The van der Waals surface area contributed by atoms with E-state index < -0.39 is 17.6 Å². The number of nitrogens with zero attached hydrogens (tertiary/aromatic N) is 2. The summed E-state index contributed by atoms with van der Waals surface area (Å²) in [5.74, 6) is -0.494. The van der Waals surface area contributed by atoms with Crippen molar-refractivity contribution in [3.8, 4) is 0 Å². The molecule has 32 heavy (non-hydrogen) atoms. The molecule has 0 radical (unpaired) electrons. The molecular formula is C22H17F3N4OS2. The Morgan fingerprint density at radius 3 is 2.16 bits per heavy atom. The summed E-state index contributed by atoms with van der Waals surface area (Å²) in [6.07, 6.45) is -4.54. The van der Waals surface area contributed by atoms with Gasteiger partial charge in [0.1, 0.15) is 6.54 Å². The van der Waals surface area contributed by atoms with Crippen LogP contribution in [0.25, 0.3) is 0 Å². The molecule has 4 rings (SSSR count). The number of nitrogens with two attached hydrogens (primary N) is 1. The number of nitrogens with one attached hydrogen (secondary N) is 1. The second kappa shape index (κ2) is 8.71. The molecule has 3 aromatic rings. The summed E-state index contributed by atoms with van der Waals surface area (Å²) in [5, 5.41) is 0.691. The molecule has 1 aliphatic heterocycles. The maximum absolute atomic E-state index is 13.1. The lowest BCUT2D eigenvalue weighted by Crippen LogP contribution is -2.51. The van der Waals surface area contributed by atoms with Crippen molar-refractivity contribution in [1.29, 1.82) is 0 Å². The minimum absolute atomic E-state index is 0.00988. The van der Waals surface area contributed by atoms with E-state index in [1.165, 1.54) is 12.1 Å². The number of anilines is 3. The number of rotatable bonds is 3. The van der Waals surface area contributed by atoms with Crippen LogP contribution in [0.2, 0.25) is 0 Å². The van der Waals surface area contributed by atoms with E-state index in [2.05, 4.69) is 5.43 Å². The minimum Gasteiger partial charge on any atom is -0.374 e. The lowest BCUT2D eigenvalue weighted by Gasteiger charge is -2.33. The first-order valence-corrected chi connectivity index (χ1v) is 10.7. The van der Waals surface area contributed by atoms with Crippen LogP contribution in [0.3, 0.4) is 0 Å². The summed E-state index contributed by atoms with van der Waals surface area (Å²) in [6.45, 7) is -0.0906. The third-order valence-corrected chi connectivity index (χ3v) is 6.04. The molecule has 5 nitrogen and oxygen atoms in total. The van der Waals surface area contributed by atoms with Crippen LogP contribution in [0.5, 0.6) is 0 Å². The number of carbonyl (C=O) groups is 1. The van der Waals surface area contributed by atoms with Gasteiger partial charge in [-0.3, -0.25) is 10.2 Å². The fourth-order valence-electron chi connectivity index (χ4n) is 3.32. The lowest BCUT2D eigenvalue weighted by atomic mass is 10.2. The zero-order valence-electron chi connectivity index (χ0n) is 16.5. The fraction of sp³-hybridized carbons (Fsp3) is 0.0909. The van der Waals surface area contributed by atoms with Gasteiger partial charge in [0, 0.05) is 9.79 Å². The van der Waals surface area contributed by atoms with Crippen LogP contribution in [0.4, 0.5) is 30.2 Å². The van der Waals surface area contributed by atoms with Gasteiger partial charge in [-0.05, 0) is 54.7 Å². The van der Waals surface area contributed by atoms with Gasteiger partial charge in [0.15, 0.2) is 5.11 Å². The SMILES string of the molecule is NC(=S)N(NC(=O)CN1c2ccccc2Sc2ccccc21)c1cccc(C(F)(F)F)c1. The zero-order valence-corrected chi connectivity index (χ0v) is 18.1. The Morgan fingerprint density at radius 1 is 1.00 bits per heavy atom. The summed E-state index contributed by atoms with van der Waals surface area (Å²) >= 11 is 6.58. The van der Waals surface area contributed by atoms with E-state index in [0.29, 0.717) is 0 Å². The molecule has 3 aromatic carbocycles. The molecule has 0 aliphatic carbocycles. The highest BCUT2D eigenvalue weighted by Crippen LogP contribution is 2.47. The van der Waals surface area contributed by atoms with Crippen molar-refractivity contribution >= 4 is 52.1 Å². The summed E-state index contributed by atoms with van der Waals surface area (Å²) in [4.78, 5) is 16.8. The average Bonchev–Trinajstić information content (AvgIpc) is 2.76. The van der Waals surface area contributed by atoms with Gasteiger partial charge in [0.2, 0.25) is 0 Å². The van der Waals surface area contributed by atoms with Crippen LogP contribution >= 0.6 is 24.0 Å². The average molecular weight is 475 g/mol. The van der Waals surface area contributed by atoms with Crippen LogP contribution in [-0.4, -0.2) is 17.6 Å². The number of carbonyl (C=O) groups excluding carboxylic acids is 1. The molecule has 0 aromatic heterocycles. The maximum atomic E-state index is 13.1. The molecule has 3 N–H and O–H groups in total. The summed E-state index contributed by atoms with van der Waals surface area (Å²) in [7, 11) is 0. The number of alkyl halides is 3. The normalized spacial score (nSPS) is 12.5. The molecule has 1 heterocycles. The standard InChI is InChI=1S/C22H17F3N4OS2/c23-22(24,25)14-6-5-7-15(12-14)29(21(26)31)27-20(30)13-28-16-8-1-3-10-18(16)32-19-11-4-2-9-17(19)28/h1-12H,13H2,(H2,26,31)(H,27,30). The van der Waals surface area contributed by atoms with E-state index in [1.54, 1.807) is 11.8 Å². The molecule has 1 amide bonds. The van der Waals surface area contributed by atoms with Gasteiger partial charge >= 0.3 is 6.18 Å². The van der Waals surface area contributed by atoms with Crippen molar-refractivity contribution in [3.63, 3.8) is 0 Å². The second-order valence-corrected chi connectivity index (χ2v) is 8.38. The fourth-order valence-corrected chi connectivity index (χ4v) is 4.57. The highest BCUT2D eigenvalue weighted by atomic mass is 32.2. The van der Waals surface area contributed by atoms with Crippen molar-refractivity contribution in [2.45, 2.75) is 16.0 Å². The largest absolute Gasteiger partial charge is 0.416 e. The Bertz CT molecular complexity index is 1140. The van der Waals surface area contributed by atoms with Crippen LogP contribution in [0, 0.1) is 0 Å². The summed E-state index contributed by atoms with van der Waals surface area (Å²) in [5.41, 5.74) is 9.08. The molecule has 0 fully saturated rings. The number of para-hydroxylation sites is 2. The molecule has 0 spiro atoms. The topological polar surface area (TPSA) is 61.6 Å². The molecule has 0 unspecified atom stereocenters. The van der Waals surface area contributed by atoms with E-state index in [9.17, 15) is 18.0 Å². The Labute approximate surface area is 192 Å². The highest BCUT2D eigenvalue weighted by Gasteiger charge is 2.31. The van der Waals surface area contributed by atoms with Crippen LogP contribution in [-0.2, 0) is 11.0 Å². The Balaban J connectivity index is 1.60. The number of thiocarbonyl (C=S) groups is 1. The van der Waals surface area contributed by atoms with Crippen molar-refractivity contribution in [2.24, 2.45) is 5.73 Å². The molecular weight excluding hydrogens is 457 g/mol. The van der Waals surface area contributed by atoms with E-state index in [4.69, 9.17) is 18.0 Å². The molecule has 10 heteroatoms. The number of hydrazine groups is 1. The van der Waals surface area contributed by atoms with Crippen LogP contribution < -0.4 is 21.1 Å². The second-order valence-electron chi connectivity index (χ2n) is 6.88. The quantitative estimate of drug-likeness (QED) is 0.407. The number of halogens is 3. The Hall–Kier alpha value is -3.24. The van der Waals surface area contributed by atoms with E-state index in [1.807, 2.05) is 53.4 Å². The third-order valence-electron chi connectivity index (χ3n) is 4.72. The van der Waals surface area contributed by atoms with Gasteiger partial charge in [-0.15, -0.1) is 0 Å². The first kappa shape index (κ1) is 22.0. The smallest absolute Gasteiger partial charge is 0.374 e. The van der Waals surface area contributed by atoms with Crippen molar-refractivity contribution in [3.05, 3.63) is 78.4 Å². The molecule has 0 saturated heterocycles. The number of hydrogen-bond acceptors (Lipinski definition) is 4. The number of fused-ring (bicyclic) bond motifs is 2. The molecule has 0 atom stereocenters. The van der Waals surface area contributed by atoms with E-state index in [0.717, 1.165) is 38.3 Å². The molecule has 164 valence electrons. The highest BCUT2D eigenvalue weighted by molar-refractivity contribution is 7.99. The minimum atomic E-state index is -4.54. The third kappa shape index (κ3) is 4.51. The lowest BCUT2D eigenvalue weighted by molar-refractivity contribution is -0.137. The van der Waals surface area contributed by atoms with Gasteiger partial charge in [-0.25, -0.2) is 5.01 Å². The molecule has 0 bridgehead atoms. The summed E-state index contributed by atoms with van der Waals surface area (Å²) in [6, 6.07) is 19.7. The number of benzene rings is 3. The summed E-state index contributed by atoms with van der Waals surface area (Å²) < 4.78 is 39.3. The van der Waals surface area contributed by atoms with E-state index in [-0.39, 0.29) is 17.3 Å². The number of amides is 1. The predicted molar refractivity (Wildman–Crippen MR) is 123 cm³/mol. The number of hydrogen-bond donors (Lipinski definition) is 2. The van der Waals surface area contributed by atoms with Gasteiger partial charge in [0.25, 0.3) is 5.91 Å². The Kier molecular flexibility index (Phi) is 5.98. The van der Waals surface area contributed by atoms with Gasteiger partial charge in [-0.1, -0.05) is 42.1 Å². The van der Waals surface area contributed by atoms with Crippen molar-refractivity contribution < 1.29 is 18.0 Å². The zero-order chi connectivity index (χ0) is 22.9.